The molecule has 104 valence electrons. The highest BCUT2D eigenvalue weighted by atomic mass is 35.5. The Hall–Kier alpha value is -1.71. The molecule has 5 heteroatoms. The summed E-state index contributed by atoms with van der Waals surface area (Å²) in [4.78, 5) is 11.9. The van der Waals surface area contributed by atoms with Gasteiger partial charge in [0.2, 0.25) is 0 Å². The Morgan fingerprint density at radius 3 is 2.35 bits per heavy atom. The van der Waals surface area contributed by atoms with Crippen LogP contribution in [-0.4, -0.2) is 6.09 Å². The Bertz CT molecular complexity index is 656. The van der Waals surface area contributed by atoms with E-state index in [1.807, 2.05) is 19.9 Å². The van der Waals surface area contributed by atoms with E-state index in [1.54, 1.807) is 30.3 Å². The highest BCUT2D eigenvalue weighted by Gasteiger charge is 2.09. The van der Waals surface area contributed by atoms with E-state index in [9.17, 15) is 4.79 Å². The zero-order valence-corrected chi connectivity index (χ0v) is 12.5. The first kappa shape index (κ1) is 14.7. The Kier molecular flexibility index (Phi) is 4.53. The van der Waals surface area contributed by atoms with E-state index >= 15 is 0 Å². The second-order valence-electron chi connectivity index (χ2n) is 4.38. The van der Waals surface area contributed by atoms with Gasteiger partial charge in [0.25, 0.3) is 0 Å². The van der Waals surface area contributed by atoms with Crippen LogP contribution < -0.4 is 10.1 Å². The fourth-order valence-corrected chi connectivity index (χ4v) is 2.09. The molecule has 0 heterocycles. The topological polar surface area (TPSA) is 38.3 Å². The van der Waals surface area contributed by atoms with Gasteiger partial charge in [-0.25, -0.2) is 4.79 Å². The molecule has 0 aliphatic rings. The minimum Gasteiger partial charge on any atom is -0.410 e. The van der Waals surface area contributed by atoms with Crippen molar-refractivity contribution in [3.8, 4) is 5.75 Å². The van der Waals surface area contributed by atoms with Crippen molar-refractivity contribution >= 4 is 35.0 Å². The second kappa shape index (κ2) is 6.16. The molecule has 0 saturated carbocycles. The predicted molar refractivity (Wildman–Crippen MR) is 82.0 cm³/mol. The molecule has 20 heavy (non-hydrogen) atoms. The zero-order valence-electron chi connectivity index (χ0n) is 11.0. The van der Waals surface area contributed by atoms with Crippen molar-refractivity contribution in [1.82, 2.24) is 0 Å². The fraction of sp³-hybridized carbons (Fsp3) is 0.133. The summed E-state index contributed by atoms with van der Waals surface area (Å²) < 4.78 is 5.25. The first-order valence-corrected chi connectivity index (χ1v) is 6.72. The van der Waals surface area contributed by atoms with Crippen molar-refractivity contribution in [2.24, 2.45) is 0 Å². The van der Waals surface area contributed by atoms with E-state index in [4.69, 9.17) is 27.9 Å². The predicted octanol–water partition coefficient (Wildman–Crippen LogP) is 5.22. The Morgan fingerprint density at radius 1 is 1.00 bits per heavy atom. The summed E-state index contributed by atoms with van der Waals surface area (Å²) in [6.45, 7) is 3.69. The van der Waals surface area contributed by atoms with Gasteiger partial charge in [0.05, 0.1) is 0 Å². The van der Waals surface area contributed by atoms with Crippen molar-refractivity contribution in [1.29, 1.82) is 0 Å². The third-order valence-corrected chi connectivity index (χ3v) is 3.25. The summed E-state index contributed by atoms with van der Waals surface area (Å²) in [6, 6.07) is 10.3. The molecule has 0 aliphatic carbocycles. The van der Waals surface area contributed by atoms with Crippen molar-refractivity contribution in [3.63, 3.8) is 0 Å². The normalized spacial score (nSPS) is 10.2. The van der Waals surface area contributed by atoms with E-state index in [2.05, 4.69) is 5.32 Å². The molecule has 0 radical (unpaired) electrons. The molecule has 0 aliphatic heterocycles. The van der Waals surface area contributed by atoms with Gasteiger partial charge in [0.1, 0.15) is 5.75 Å². The van der Waals surface area contributed by atoms with E-state index in [1.165, 1.54) is 0 Å². The maximum absolute atomic E-state index is 11.9. The summed E-state index contributed by atoms with van der Waals surface area (Å²) in [5.41, 5.74) is 2.31. The number of amides is 1. The Labute approximate surface area is 127 Å². The molecule has 2 aromatic rings. The molecule has 0 atom stereocenters. The highest BCUT2D eigenvalue weighted by molar-refractivity contribution is 6.31. The molecule has 0 spiro atoms. The summed E-state index contributed by atoms with van der Waals surface area (Å²) in [5.74, 6) is 0.464. The van der Waals surface area contributed by atoms with Crippen molar-refractivity contribution in [2.45, 2.75) is 13.8 Å². The lowest BCUT2D eigenvalue weighted by atomic mass is 10.2. The smallest absolute Gasteiger partial charge is 0.410 e. The molecule has 0 unspecified atom stereocenters. The number of rotatable bonds is 2. The second-order valence-corrected chi connectivity index (χ2v) is 5.26. The number of nitrogens with one attached hydrogen (secondary N) is 1. The van der Waals surface area contributed by atoms with Gasteiger partial charge in [-0.1, -0.05) is 29.3 Å². The number of hydrogen-bond acceptors (Lipinski definition) is 2. The minimum atomic E-state index is -0.569. The molecule has 3 nitrogen and oxygen atoms in total. The third-order valence-electron chi connectivity index (χ3n) is 2.78. The van der Waals surface area contributed by atoms with Gasteiger partial charge in [0, 0.05) is 15.7 Å². The van der Waals surface area contributed by atoms with E-state index in [-0.39, 0.29) is 0 Å². The van der Waals surface area contributed by atoms with Crippen LogP contribution in [-0.2, 0) is 0 Å². The van der Waals surface area contributed by atoms with E-state index in [0.29, 0.717) is 21.5 Å². The van der Waals surface area contributed by atoms with Crippen LogP contribution in [0.2, 0.25) is 10.0 Å². The van der Waals surface area contributed by atoms with Gasteiger partial charge in [-0.3, -0.25) is 5.32 Å². The molecular weight excluding hydrogens is 297 g/mol. The number of carbonyl (C=O) groups excluding carboxylic acids is 1. The van der Waals surface area contributed by atoms with Gasteiger partial charge >= 0.3 is 6.09 Å². The van der Waals surface area contributed by atoms with E-state index < -0.39 is 6.09 Å². The van der Waals surface area contributed by atoms with Gasteiger partial charge in [-0.15, -0.1) is 0 Å². The van der Waals surface area contributed by atoms with Crippen LogP contribution in [0, 0.1) is 13.8 Å². The molecule has 2 rings (SSSR count). The van der Waals surface area contributed by atoms with Crippen molar-refractivity contribution < 1.29 is 9.53 Å². The number of anilines is 1. The van der Waals surface area contributed by atoms with Gasteiger partial charge < -0.3 is 4.74 Å². The maximum Gasteiger partial charge on any atom is 0.417 e. The number of halogens is 2. The summed E-state index contributed by atoms with van der Waals surface area (Å²) in [7, 11) is 0. The first-order valence-electron chi connectivity index (χ1n) is 5.97. The maximum atomic E-state index is 11.9. The van der Waals surface area contributed by atoms with Gasteiger partial charge in [0.15, 0.2) is 0 Å². The van der Waals surface area contributed by atoms with Crippen molar-refractivity contribution in [3.05, 3.63) is 57.6 Å². The fourth-order valence-electron chi connectivity index (χ4n) is 1.69. The largest absolute Gasteiger partial charge is 0.417 e. The third kappa shape index (κ3) is 3.65. The average Bonchev–Trinajstić information content (AvgIpc) is 2.37. The van der Waals surface area contributed by atoms with Gasteiger partial charge in [-0.2, -0.15) is 0 Å². The number of benzene rings is 2. The van der Waals surface area contributed by atoms with Crippen molar-refractivity contribution in [2.75, 3.05) is 5.32 Å². The minimum absolute atomic E-state index is 0.464. The molecule has 0 aromatic heterocycles. The molecule has 1 amide bonds. The van der Waals surface area contributed by atoms with Gasteiger partial charge in [-0.05, 0) is 55.3 Å². The van der Waals surface area contributed by atoms with Crippen LogP contribution in [0.4, 0.5) is 10.5 Å². The highest BCUT2D eigenvalue weighted by Crippen LogP contribution is 2.23. The van der Waals surface area contributed by atoms with Crippen LogP contribution in [0.15, 0.2) is 36.4 Å². The number of aryl methyl sites for hydroxylation is 2. The monoisotopic (exact) mass is 309 g/mol. The molecular formula is C15H13Cl2NO2. The quantitative estimate of drug-likeness (QED) is 0.825. The van der Waals surface area contributed by atoms with Crippen LogP contribution in [0.3, 0.4) is 0 Å². The molecule has 0 bridgehead atoms. The zero-order chi connectivity index (χ0) is 14.7. The summed E-state index contributed by atoms with van der Waals surface area (Å²) in [6.07, 6.45) is -0.569. The number of ether oxygens (including phenoxy) is 1. The summed E-state index contributed by atoms with van der Waals surface area (Å²) in [5, 5.41) is 3.81. The first-order chi connectivity index (χ1) is 9.45. The molecule has 1 N–H and O–H groups in total. The molecule has 2 aromatic carbocycles. The summed E-state index contributed by atoms with van der Waals surface area (Å²) >= 11 is 11.7. The Morgan fingerprint density at radius 2 is 1.65 bits per heavy atom. The van der Waals surface area contributed by atoms with Crippen LogP contribution >= 0.6 is 23.2 Å². The van der Waals surface area contributed by atoms with Crippen LogP contribution in [0.5, 0.6) is 5.75 Å². The Balaban J connectivity index is 2.11. The SMILES string of the molecule is Cc1ccc(Cl)cc1NC(=O)Oc1ccc(Cl)cc1C. The number of hydrogen-bond donors (Lipinski definition) is 1. The molecule has 0 saturated heterocycles. The molecule has 0 fully saturated rings. The lowest BCUT2D eigenvalue weighted by Crippen LogP contribution is -2.17. The van der Waals surface area contributed by atoms with Crippen LogP contribution in [0.25, 0.3) is 0 Å². The van der Waals surface area contributed by atoms with E-state index in [0.717, 1.165) is 11.1 Å². The number of carbonyl (C=O) groups is 1. The lowest BCUT2D eigenvalue weighted by molar-refractivity contribution is 0.215. The lowest BCUT2D eigenvalue weighted by Gasteiger charge is -2.11. The standard InChI is InChI=1S/C15H13Cl2NO2/c1-9-3-4-12(17)8-13(9)18-15(19)20-14-6-5-11(16)7-10(14)2/h3-8H,1-2H3,(H,18,19). The van der Waals surface area contributed by atoms with Crippen LogP contribution in [0.1, 0.15) is 11.1 Å². The average molecular weight is 310 g/mol.